The van der Waals surface area contributed by atoms with Crippen LogP contribution in [-0.4, -0.2) is 0 Å². The van der Waals surface area contributed by atoms with Crippen LogP contribution >= 0.6 is 0 Å². The van der Waals surface area contributed by atoms with Gasteiger partial charge < -0.3 is 4.74 Å². The summed E-state index contributed by atoms with van der Waals surface area (Å²) in [5.74, 6) is 0.497. The monoisotopic (exact) mass is 202 g/mol. The molecule has 0 aromatic heterocycles. The van der Waals surface area contributed by atoms with E-state index in [0.717, 1.165) is 12.1 Å². The summed E-state index contributed by atoms with van der Waals surface area (Å²) in [5, 5.41) is 0. The van der Waals surface area contributed by atoms with Gasteiger partial charge in [-0.2, -0.15) is 13.2 Å². The molecule has 0 radical (unpaired) electrons. The van der Waals surface area contributed by atoms with Crippen LogP contribution in [0.3, 0.4) is 0 Å². The van der Waals surface area contributed by atoms with Crippen LogP contribution in [0.4, 0.5) is 13.2 Å². The summed E-state index contributed by atoms with van der Waals surface area (Å²) in [6.45, 7) is 5.01. The average Bonchev–Trinajstić information content (AvgIpc) is 2.01. The van der Waals surface area contributed by atoms with E-state index in [0.29, 0.717) is 5.76 Å². The Morgan fingerprint density at radius 2 is 2.00 bits per heavy atom. The first-order valence-corrected chi connectivity index (χ1v) is 3.90. The largest absolute Gasteiger partial charge is 0.463 e. The van der Waals surface area contributed by atoms with Crippen LogP contribution in [0.5, 0.6) is 5.75 Å². The smallest absolute Gasteiger partial charge is 0.416 e. The van der Waals surface area contributed by atoms with E-state index in [9.17, 15) is 13.2 Å². The molecule has 1 nitrogen and oxygen atoms in total. The van der Waals surface area contributed by atoms with Crippen molar-refractivity contribution in [2.75, 3.05) is 0 Å². The first kappa shape index (κ1) is 10.6. The van der Waals surface area contributed by atoms with Gasteiger partial charge in [0.2, 0.25) is 0 Å². The molecule has 0 spiro atoms. The molecular formula is C10H9F3O. The van der Waals surface area contributed by atoms with Crippen LogP contribution in [0.2, 0.25) is 0 Å². The molecule has 1 rings (SSSR count). The van der Waals surface area contributed by atoms with E-state index in [4.69, 9.17) is 4.74 Å². The zero-order valence-electron chi connectivity index (χ0n) is 7.56. The van der Waals surface area contributed by atoms with E-state index in [1.165, 1.54) is 12.1 Å². The first-order chi connectivity index (χ1) is 6.39. The number of halogens is 3. The van der Waals surface area contributed by atoms with E-state index >= 15 is 0 Å². The Labute approximate surface area is 79.8 Å². The number of allylic oxidation sites excluding steroid dienone is 1. The molecule has 0 saturated heterocycles. The second kappa shape index (κ2) is 3.74. The van der Waals surface area contributed by atoms with Gasteiger partial charge in [0.25, 0.3) is 0 Å². The maximum atomic E-state index is 12.2. The van der Waals surface area contributed by atoms with Crippen LogP contribution in [0.1, 0.15) is 12.5 Å². The van der Waals surface area contributed by atoms with Crippen molar-refractivity contribution in [3.05, 3.63) is 42.2 Å². The molecule has 0 atom stereocenters. The van der Waals surface area contributed by atoms with Crippen molar-refractivity contribution >= 4 is 0 Å². The highest BCUT2D eigenvalue weighted by molar-refractivity contribution is 5.31. The molecule has 0 amide bonds. The second-order valence-electron chi connectivity index (χ2n) is 2.83. The van der Waals surface area contributed by atoms with Gasteiger partial charge in [-0.25, -0.2) is 0 Å². The fraction of sp³-hybridized carbons (Fsp3) is 0.200. The van der Waals surface area contributed by atoms with Crippen molar-refractivity contribution in [2.24, 2.45) is 0 Å². The lowest BCUT2D eigenvalue weighted by atomic mass is 10.2. The van der Waals surface area contributed by atoms with Crippen LogP contribution in [0, 0.1) is 0 Å². The van der Waals surface area contributed by atoms with Crippen LogP contribution < -0.4 is 4.74 Å². The summed E-state index contributed by atoms with van der Waals surface area (Å²) in [5.41, 5.74) is -0.726. The summed E-state index contributed by atoms with van der Waals surface area (Å²) in [4.78, 5) is 0. The topological polar surface area (TPSA) is 9.23 Å². The number of rotatable bonds is 2. The zero-order chi connectivity index (χ0) is 10.8. The number of benzene rings is 1. The third kappa shape index (κ3) is 2.80. The Bertz CT molecular complexity index is 341. The third-order valence-electron chi connectivity index (χ3n) is 1.45. The number of alkyl halides is 3. The summed E-state index contributed by atoms with van der Waals surface area (Å²) in [6.07, 6.45) is -4.34. The second-order valence-corrected chi connectivity index (χ2v) is 2.83. The van der Waals surface area contributed by atoms with Crippen molar-refractivity contribution in [3.8, 4) is 5.75 Å². The molecule has 76 valence electrons. The Morgan fingerprint density at radius 3 is 2.50 bits per heavy atom. The quantitative estimate of drug-likeness (QED) is 0.665. The van der Waals surface area contributed by atoms with Gasteiger partial charge >= 0.3 is 6.18 Å². The SMILES string of the molecule is C=C(C)Oc1cccc(C(F)(F)F)c1. The van der Waals surface area contributed by atoms with Gasteiger partial charge in [0, 0.05) is 0 Å². The van der Waals surface area contributed by atoms with Crippen LogP contribution in [0.25, 0.3) is 0 Å². The highest BCUT2D eigenvalue weighted by Crippen LogP contribution is 2.31. The lowest BCUT2D eigenvalue weighted by molar-refractivity contribution is -0.137. The lowest BCUT2D eigenvalue weighted by Crippen LogP contribution is -2.04. The number of hydrogen-bond donors (Lipinski definition) is 0. The summed E-state index contributed by atoms with van der Waals surface area (Å²) in [6, 6.07) is 4.67. The average molecular weight is 202 g/mol. The molecule has 0 bridgehead atoms. The zero-order valence-corrected chi connectivity index (χ0v) is 7.56. The predicted molar refractivity (Wildman–Crippen MR) is 46.9 cm³/mol. The molecule has 0 aliphatic heterocycles. The van der Waals surface area contributed by atoms with Crippen LogP contribution in [0.15, 0.2) is 36.6 Å². The van der Waals surface area contributed by atoms with Gasteiger partial charge in [-0.15, -0.1) is 0 Å². The number of ether oxygens (including phenoxy) is 1. The summed E-state index contributed by atoms with van der Waals surface area (Å²) in [7, 11) is 0. The van der Waals surface area contributed by atoms with E-state index in [1.54, 1.807) is 6.92 Å². The predicted octanol–water partition coefficient (Wildman–Crippen LogP) is 3.62. The Kier molecular flexibility index (Phi) is 2.84. The molecule has 0 aliphatic carbocycles. The molecule has 0 heterocycles. The van der Waals surface area contributed by atoms with Crippen LogP contribution in [-0.2, 0) is 6.18 Å². The van der Waals surface area contributed by atoms with E-state index in [1.807, 2.05) is 0 Å². The minimum Gasteiger partial charge on any atom is -0.463 e. The lowest BCUT2D eigenvalue weighted by Gasteiger charge is -2.09. The van der Waals surface area contributed by atoms with Gasteiger partial charge in [-0.1, -0.05) is 12.6 Å². The van der Waals surface area contributed by atoms with E-state index in [2.05, 4.69) is 6.58 Å². The highest BCUT2D eigenvalue weighted by Gasteiger charge is 2.30. The van der Waals surface area contributed by atoms with Gasteiger partial charge in [-0.3, -0.25) is 0 Å². The van der Waals surface area contributed by atoms with Crippen molar-refractivity contribution in [1.29, 1.82) is 0 Å². The minimum absolute atomic E-state index is 0.146. The van der Waals surface area contributed by atoms with E-state index < -0.39 is 11.7 Å². The molecule has 0 fully saturated rings. The normalized spacial score (nSPS) is 11.1. The molecule has 14 heavy (non-hydrogen) atoms. The molecule has 0 aliphatic rings. The molecule has 4 heteroatoms. The summed E-state index contributed by atoms with van der Waals surface area (Å²) < 4.78 is 41.6. The minimum atomic E-state index is -4.34. The highest BCUT2D eigenvalue weighted by atomic mass is 19.4. The Balaban J connectivity index is 2.95. The Morgan fingerprint density at radius 1 is 1.36 bits per heavy atom. The molecule has 0 N–H and O–H groups in total. The maximum Gasteiger partial charge on any atom is 0.416 e. The standard InChI is InChI=1S/C10H9F3O/c1-7(2)14-9-5-3-4-8(6-9)10(11,12)13/h3-6H,1H2,2H3. The van der Waals surface area contributed by atoms with E-state index in [-0.39, 0.29) is 5.75 Å². The maximum absolute atomic E-state index is 12.2. The van der Waals surface area contributed by atoms with Crippen molar-refractivity contribution in [1.82, 2.24) is 0 Å². The van der Waals surface area contributed by atoms with Gasteiger partial charge in [0.1, 0.15) is 5.75 Å². The van der Waals surface area contributed by atoms with Gasteiger partial charge in [0.15, 0.2) is 0 Å². The molecule has 0 unspecified atom stereocenters. The molecule has 1 aromatic carbocycles. The number of hydrogen-bond acceptors (Lipinski definition) is 1. The Hall–Kier alpha value is -1.45. The summed E-state index contributed by atoms with van der Waals surface area (Å²) >= 11 is 0. The molecule has 0 saturated carbocycles. The third-order valence-corrected chi connectivity index (χ3v) is 1.45. The molecular weight excluding hydrogens is 193 g/mol. The van der Waals surface area contributed by atoms with Crippen molar-refractivity contribution in [3.63, 3.8) is 0 Å². The fourth-order valence-electron chi connectivity index (χ4n) is 0.937. The van der Waals surface area contributed by atoms with Crippen molar-refractivity contribution < 1.29 is 17.9 Å². The van der Waals surface area contributed by atoms with Gasteiger partial charge in [0.05, 0.1) is 11.3 Å². The van der Waals surface area contributed by atoms with Gasteiger partial charge in [-0.05, 0) is 25.1 Å². The molecule has 1 aromatic rings. The van der Waals surface area contributed by atoms with Crippen molar-refractivity contribution in [2.45, 2.75) is 13.1 Å². The fourth-order valence-corrected chi connectivity index (χ4v) is 0.937. The first-order valence-electron chi connectivity index (χ1n) is 3.90.